The zero-order valence-electron chi connectivity index (χ0n) is 16.6. The summed E-state index contributed by atoms with van der Waals surface area (Å²) in [5, 5.41) is 8.10. The molecule has 1 atom stereocenters. The minimum absolute atomic E-state index is 0.168. The number of nitrogens with zero attached hydrogens (tertiary/aromatic N) is 1. The van der Waals surface area contributed by atoms with Gasteiger partial charge in [0.2, 0.25) is 5.91 Å². The van der Waals surface area contributed by atoms with Crippen molar-refractivity contribution < 1.29 is 9.59 Å². The van der Waals surface area contributed by atoms with Gasteiger partial charge in [0.25, 0.3) is 5.91 Å². The average Bonchev–Trinajstić information content (AvgIpc) is 2.66. The summed E-state index contributed by atoms with van der Waals surface area (Å²) in [6, 6.07) is 19.4. The molecule has 0 bridgehead atoms. The van der Waals surface area contributed by atoms with Crippen molar-refractivity contribution in [2.75, 3.05) is 24.3 Å². The quantitative estimate of drug-likeness (QED) is 0.697. The summed E-state index contributed by atoms with van der Waals surface area (Å²) in [4.78, 5) is 26.3. The summed E-state index contributed by atoms with van der Waals surface area (Å²) in [5.74, 6) is -0.357. The van der Waals surface area contributed by atoms with Crippen LogP contribution in [0.5, 0.6) is 0 Å². The Bertz CT molecular complexity index is 1020. The number of carbonyl (C=O) groups is 2. The van der Waals surface area contributed by atoms with Gasteiger partial charge in [-0.2, -0.15) is 0 Å². The Hall–Kier alpha value is -3.34. The lowest BCUT2D eigenvalue weighted by Crippen LogP contribution is -2.28. The van der Waals surface area contributed by atoms with Crippen LogP contribution < -0.4 is 15.5 Å². The summed E-state index contributed by atoms with van der Waals surface area (Å²) in [7, 11) is 3.77. The summed E-state index contributed by atoms with van der Waals surface area (Å²) in [6.45, 7) is 3.43. The Balaban J connectivity index is 1.92. The van der Waals surface area contributed by atoms with Crippen LogP contribution in [0.25, 0.3) is 10.8 Å². The van der Waals surface area contributed by atoms with Crippen LogP contribution in [0.4, 0.5) is 11.4 Å². The van der Waals surface area contributed by atoms with Crippen LogP contribution in [0, 0.1) is 0 Å². The van der Waals surface area contributed by atoms with Gasteiger partial charge < -0.3 is 15.5 Å². The van der Waals surface area contributed by atoms with Crippen molar-refractivity contribution >= 4 is 34.0 Å². The number of carbonyl (C=O) groups excluding carboxylic acids is 2. The van der Waals surface area contributed by atoms with Gasteiger partial charge in [0, 0.05) is 32.4 Å². The summed E-state index contributed by atoms with van der Waals surface area (Å²) in [6.07, 6.45) is 0. The average molecular weight is 375 g/mol. The lowest BCUT2D eigenvalue weighted by molar-refractivity contribution is -0.114. The fourth-order valence-electron chi connectivity index (χ4n) is 3.37. The fraction of sp³-hybridized carbons (Fsp3) is 0.217. The molecule has 0 aliphatic carbocycles. The molecule has 0 aliphatic heterocycles. The number of hydrogen-bond acceptors (Lipinski definition) is 3. The minimum atomic E-state index is -0.184. The zero-order valence-corrected chi connectivity index (χ0v) is 16.6. The molecular weight excluding hydrogens is 350 g/mol. The molecule has 3 aromatic carbocycles. The monoisotopic (exact) mass is 375 g/mol. The number of fused-ring (bicyclic) bond motifs is 1. The summed E-state index contributed by atoms with van der Waals surface area (Å²) < 4.78 is 0. The van der Waals surface area contributed by atoms with Crippen LogP contribution in [-0.4, -0.2) is 25.9 Å². The molecule has 5 heteroatoms. The Labute approximate surface area is 165 Å². The SMILES string of the molecule is CC(=O)Nc1ccc(N(C)C)c(C(=O)N[C@H](C)c2cccc3ccccc23)c1. The van der Waals surface area contributed by atoms with E-state index in [1.165, 1.54) is 6.92 Å². The predicted octanol–water partition coefficient (Wildman–Crippen LogP) is 4.36. The van der Waals surface area contributed by atoms with Crippen LogP contribution in [0.2, 0.25) is 0 Å². The molecule has 2 N–H and O–H groups in total. The highest BCUT2D eigenvalue weighted by Gasteiger charge is 2.18. The van der Waals surface area contributed by atoms with Crippen LogP contribution in [0.3, 0.4) is 0 Å². The highest BCUT2D eigenvalue weighted by Crippen LogP contribution is 2.27. The van der Waals surface area contributed by atoms with Gasteiger partial charge in [-0.3, -0.25) is 9.59 Å². The molecule has 0 aromatic heterocycles. The molecule has 5 nitrogen and oxygen atoms in total. The maximum Gasteiger partial charge on any atom is 0.253 e. The topological polar surface area (TPSA) is 61.4 Å². The third kappa shape index (κ3) is 4.14. The Morgan fingerprint density at radius 1 is 0.964 bits per heavy atom. The number of rotatable bonds is 5. The first-order valence-electron chi connectivity index (χ1n) is 9.24. The molecule has 0 fully saturated rings. The van der Waals surface area contributed by atoms with E-state index in [1.807, 2.05) is 56.3 Å². The van der Waals surface area contributed by atoms with Crippen molar-refractivity contribution in [3.8, 4) is 0 Å². The first kappa shape index (κ1) is 19.4. The van der Waals surface area contributed by atoms with E-state index >= 15 is 0 Å². The second-order valence-corrected chi connectivity index (χ2v) is 7.07. The number of amides is 2. The van der Waals surface area contributed by atoms with Gasteiger partial charge in [0.05, 0.1) is 11.6 Å². The molecule has 0 unspecified atom stereocenters. The standard InChI is InChI=1S/C23H25N3O2/c1-15(19-11-7-9-17-8-5-6-10-20(17)19)24-23(28)21-14-18(25-16(2)27)12-13-22(21)26(3)4/h5-15H,1-4H3,(H,24,28)(H,25,27)/t15-/m1/s1. The first-order chi connectivity index (χ1) is 13.4. The van der Waals surface area contributed by atoms with E-state index in [0.29, 0.717) is 11.3 Å². The predicted molar refractivity (Wildman–Crippen MR) is 115 cm³/mol. The van der Waals surface area contributed by atoms with E-state index in [-0.39, 0.29) is 17.9 Å². The van der Waals surface area contributed by atoms with Crippen molar-refractivity contribution in [3.63, 3.8) is 0 Å². The second-order valence-electron chi connectivity index (χ2n) is 7.07. The summed E-state index contributed by atoms with van der Waals surface area (Å²) >= 11 is 0. The maximum atomic E-state index is 13.1. The van der Waals surface area contributed by atoms with Crippen molar-refractivity contribution in [1.82, 2.24) is 5.32 Å². The van der Waals surface area contributed by atoms with E-state index in [4.69, 9.17) is 0 Å². The lowest BCUT2D eigenvalue weighted by atomic mass is 9.99. The molecule has 3 rings (SSSR count). The highest BCUT2D eigenvalue weighted by atomic mass is 16.2. The van der Waals surface area contributed by atoms with Gasteiger partial charge in [-0.15, -0.1) is 0 Å². The van der Waals surface area contributed by atoms with Crippen molar-refractivity contribution in [2.45, 2.75) is 19.9 Å². The molecule has 0 aliphatic rings. The molecule has 0 saturated carbocycles. The fourth-order valence-corrected chi connectivity index (χ4v) is 3.37. The van der Waals surface area contributed by atoms with E-state index < -0.39 is 0 Å². The Morgan fingerprint density at radius 3 is 2.39 bits per heavy atom. The van der Waals surface area contributed by atoms with Gasteiger partial charge in [0.1, 0.15) is 0 Å². The van der Waals surface area contributed by atoms with E-state index in [1.54, 1.807) is 12.1 Å². The molecular formula is C23H25N3O2. The van der Waals surface area contributed by atoms with Crippen molar-refractivity contribution in [2.24, 2.45) is 0 Å². The van der Waals surface area contributed by atoms with Gasteiger partial charge >= 0.3 is 0 Å². The van der Waals surface area contributed by atoms with Crippen LogP contribution in [0.15, 0.2) is 60.7 Å². The molecule has 0 heterocycles. The molecule has 2 amide bonds. The molecule has 28 heavy (non-hydrogen) atoms. The zero-order chi connectivity index (χ0) is 20.3. The third-order valence-corrected chi connectivity index (χ3v) is 4.68. The van der Waals surface area contributed by atoms with Gasteiger partial charge in [-0.25, -0.2) is 0 Å². The van der Waals surface area contributed by atoms with E-state index in [9.17, 15) is 9.59 Å². The number of hydrogen-bond donors (Lipinski definition) is 2. The van der Waals surface area contributed by atoms with Crippen LogP contribution in [-0.2, 0) is 4.79 Å². The maximum absolute atomic E-state index is 13.1. The van der Waals surface area contributed by atoms with Gasteiger partial charge in [-0.05, 0) is 41.5 Å². The molecule has 0 spiro atoms. The second kappa shape index (κ2) is 8.13. The summed E-state index contributed by atoms with van der Waals surface area (Å²) in [5.41, 5.74) is 2.97. The number of nitrogens with one attached hydrogen (secondary N) is 2. The number of benzene rings is 3. The molecule has 144 valence electrons. The largest absolute Gasteiger partial charge is 0.377 e. The number of anilines is 2. The van der Waals surface area contributed by atoms with Crippen LogP contribution in [0.1, 0.15) is 35.8 Å². The Kier molecular flexibility index (Phi) is 5.64. The van der Waals surface area contributed by atoms with E-state index in [0.717, 1.165) is 22.0 Å². The highest BCUT2D eigenvalue weighted by molar-refractivity contribution is 6.02. The van der Waals surface area contributed by atoms with Crippen LogP contribution >= 0.6 is 0 Å². The van der Waals surface area contributed by atoms with Gasteiger partial charge in [0.15, 0.2) is 0 Å². The minimum Gasteiger partial charge on any atom is -0.377 e. The lowest BCUT2D eigenvalue weighted by Gasteiger charge is -2.21. The van der Waals surface area contributed by atoms with Crippen molar-refractivity contribution in [1.29, 1.82) is 0 Å². The van der Waals surface area contributed by atoms with Gasteiger partial charge in [-0.1, -0.05) is 42.5 Å². The molecule has 0 saturated heterocycles. The van der Waals surface area contributed by atoms with E-state index in [2.05, 4.69) is 28.8 Å². The molecule has 3 aromatic rings. The first-order valence-corrected chi connectivity index (χ1v) is 9.24. The van der Waals surface area contributed by atoms with Crippen molar-refractivity contribution in [3.05, 3.63) is 71.8 Å². The smallest absolute Gasteiger partial charge is 0.253 e. The normalized spacial score (nSPS) is 11.7. The third-order valence-electron chi connectivity index (χ3n) is 4.68. The Morgan fingerprint density at radius 2 is 1.68 bits per heavy atom. The molecule has 0 radical (unpaired) electrons.